The van der Waals surface area contributed by atoms with Crippen molar-refractivity contribution in [2.75, 3.05) is 0 Å². The molecule has 1 saturated carbocycles. The number of carbonyl (C=O) groups excluding carboxylic acids is 1. The Labute approximate surface area is 112 Å². The largest absolute Gasteiger partial charge is 0.462 e. The fraction of sp³-hybridized carbons (Fsp3) is 0.875. The predicted molar refractivity (Wildman–Crippen MR) is 75.2 cm³/mol. The van der Waals surface area contributed by atoms with Crippen molar-refractivity contribution in [1.82, 2.24) is 0 Å². The first-order valence-corrected chi connectivity index (χ1v) is 7.78. The molecule has 0 saturated heterocycles. The number of carbonyl (C=O) groups is 1. The lowest BCUT2D eigenvalue weighted by Crippen LogP contribution is -2.24. The van der Waals surface area contributed by atoms with Crippen LogP contribution in [0.5, 0.6) is 0 Å². The van der Waals surface area contributed by atoms with Crippen LogP contribution < -0.4 is 0 Å². The molecule has 0 aromatic heterocycles. The molecule has 0 aliphatic heterocycles. The molecule has 1 aliphatic carbocycles. The van der Waals surface area contributed by atoms with Gasteiger partial charge in [-0.2, -0.15) is 0 Å². The van der Waals surface area contributed by atoms with Gasteiger partial charge in [-0.25, -0.2) is 0 Å². The molecule has 1 atom stereocenters. The molecule has 1 aliphatic rings. The molecule has 2 nitrogen and oxygen atoms in total. The highest BCUT2D eigenvalue weighted by molar-refractivity contribution is 5.78. The van der Waals surface area contributed by atoms with Crippen molar-refractivity contribution in [1.29, 1.82) is 0 Å². The van der Waals surface area contributed by atoms with E-state index in [-0.39, 0.29) is 12.1 Å². The van der Waals surface area contributed by atoms with Crippen molar-refractivity contribution in [3.8, 4) is 0 Å². The molecule has 0 bridgehead atoms. The zero-order chi connectivity index (χ0) is 13.2. The van der Waals surface area contributed by atoms with Gasteiger partial charge in [0.25, 0.3) is 0 Å². The van der Waals surface area contributed by atoms with Crippen LogP contribution in [0.1, 0.15) is 78.1 Å². The predicted octanol–water partition coefficient (Wildman–Crippen LogP) is 4.67. The van der Waals surface area contributed by atoms with Crippen LogP contribution in [0, 0.1) is 12.3 Å². The van der Waals surface area contributed by atoms with Gasteiger partial charge in [0.1, 0.15) is 6.10 Å². The first kappa shape index (κ1) is 15.5. The maximum Gasteiger partial charge on any atom is 0.310 e. The molecular formula is C16H29O2. The topological polar surface area (TPSA) is 26.3 Å². The molecule has 0 spiro atoms. The van der Waals surface area contributed by atoms with E-state index in [1.165, 1.54) is 51.4 Å². The lowest BCUT2D eigenvalue weighted by atomic mass is 9.95. The lowest BCUT2D eigenvalue weighted by molar-refractivity contribution is -0.146. The molecule has 0 N–H and O–H groups in total. The average molecular weight is 253 g/mol. The van der Waals surface area contributed by atoms with Gasteiger partial charge in [-0.1, -0.05) is 51.9 Å². The van der Waals surface area contributed by atoms with Gasteiger partial charge in [0.2, 0.25) is 0 Å². The van der Waals surface area contributed by atoms with Gasteiger partial charge in [-0.3, -0.25) is 4.79 Å². The third-order valence-corrected chi connectivity index (χ3v) is 3.98. The van der Waals surface area contributed by atoms with Gasteiger partial charge in [0.05, 0.1) is 6.42 Å². The molecule has 0 heterocycles. The van der Waals surface area contributed by atoms with E-state index in [0.29, 0.717) is 5.92 Å². The Morgan fingerprint density at radius 1 is 1.22 bits per heavy atom. The minimum atomic E-state index is -0.108. The molecule has 1 rings (SSSR count). The van der Waals surface area contributed by atoms with Crippen molar-refractivity contribution in [2.45, 2.75) is 84.2 Å². The van der Waals surface area contributed by atoms with Gasteiger partial charge in [0.15, 0.2) is 0 Å². The van der Waals surface area contributed by atoms with Crippen LogP contribution >= 0.6 is 0 Å². The Kier molecular flexibility index (Phi) is 8.11. The molecule has 2 heteroatoms. The van der Waals surface area contributed by atoms with Crippen LogP contribution in [-0.4, -0.2) is 12.1 Å². The second-order valence-corrected chi connectivity index (χ2v) is 5.59. The summed E-state index contributed by atoms with van der Waals surface area (Å²) in [4.78, 5) is 11.7. The first-order valence-electron chi connectivity index (χ1n) is 7.78. The van der Waals surface area contributed by atoms with Crippen LogP contribution in [0.3, 0.4) is 0 Å². The zero-order valence-corrected chi connectivity index (χ0v) is 12.1. The number of esters is 1. The maximum atomic E-state index is 11.7. The van der Waals surface area contributed by atoms with Crippen LogP contribution in [0.2, 0.25) is 0 Å². The van der Waals surface area contributed by atoms with Crippen molar-refractivity contribution < 1.29 is 9.53 Å². The van der Waals surface area contributed by atoms with Crippen LogP contribution in [-0.2, 0) is 9.53 Å². The van der Waals surface area contributed by atoms with Crippen molar-refractivity contribution in [3.63, 3.8) is 0 Å². The number of rotatable bonds is 7. The lowest BCUT2D eigenvalue weighted by Gasteiger charge is -2.22. The summed E-state index contributed by atoms with van der Waals surface area (Å²) in [6.45, 7) is 4.24. The standard InChI is InChI=1S/C16H29O2/c1-3-4-5-10-13-16(17)18-14(2)15-11-8-6-7-9-12-15/h13-15H,3-12H2,1-2H3. The molecule has 0 amide bonds. The Morgan fingerprint density at radius 3 is 2.50 bits per heavy atom. The highest BCUT2D eigenvalue weighted by Gasteiger charge is 2.21. The molecule has 105 valence electrons. The van der Waals surface area contributed by atoms with E-state index in [9.17, 15) is 4.79 Å². The molecule has 0 aromatic rings. The summed E-state index contributed by atoms with van der Waals surface area (Å²) in [6, 6.07) is 0. The molecule has 18 heavy (non-hydrogen) atoms. The zero-order valence-electron chi connectivity index (χ0n) is 12.1. The van der Waals surface area contributed by atoms with Crippen molar-refractivity contribution >= 4 is 5.97 Å². The summed E-state index contributed by atoms with van der Waals surface area (Å²) in [6.07, 6.45) is 13.9. The fourth-order valence-electron chi connectivity index (χ4n) is 2.72. The Balaban J connectivity index is 2.16. The average Bonchev–Trinajstić information content (AvgIpc) is 2.63. The Morgan fingerprint density at radius 2 is 1.89 bits per heavy atom. The van der Waals surface area contributed by atoms with E-state index in [1.807, 2.05) is 0 Å². The Bertz CT molecular complexity index is 217. The second kappa shape index (κ2) is 9.41. The van der Waals surface area contributed by atoms with Crippen molar-refractivity contribution in [2.24, 2.45) is 5.92 Å². The Hall–Kier alpha value is -0.530. The first-order chi connectivity index (χ1) is 8.74. The SMILES string of the molecule is CCCCC[CH]C(=O)OC(C)C1CCCCCC1. The quantitative estimate of drug-likeness (QED) is 0.374. The summed E-state index contributed by atoms with van der Waals surface area (Å²) < 4.78 is 5.53. The molecule has 0 aromatic carbocycles. The van der Waals surface area contributed by atoms with Crippen LogP contribution in [0.25, 0.3) is 0 Å². The summed E-state index contributed by atoms with van der Waals surface area (Å²) in [7, 11) is 0. The smallest absolute Gasteiger partial charge is 0.310 e. The van der Waals surface area contributed by atoms with E-state index in [0.717, 1.165) is 12.8 Å². The summed E-state index contributed by atoms with van der Waals surface area (Å²) in [5.74, 6) is 0.475. The second-order valence-electron chi connectivity index (χ2n) is 5.59. The van der Waals surface area contributed by atoms with E-state index in [4.69, 9.17) is 4.74 Å². The third-order valence-electron chi connectivity index (χ3n) is 3.98. The molecular weight excluding hydrogens is 224 g/mol. The number of ether oxygens (including phenoxy) is 1. The monoisotopic (exact) mass is 253 g/mol. The van der Waals surface area contributed by atoms with E-state index >= 15 is 0 Å². The van der Waals surface area contributed by atoms with Gasteiger partial charge < -0.3 is 4.74 Å². The summed E-state index contributed by atoms with van der Waals surface area (Å²) >= 11 is 0. The van der Waals surface area contributed by atoms with E-state index < -0.39 is 0 Å². The van der Waals surface area contributed by atoms with Gasteiger partial charge in [-0.15, -0.1) is 0 Å². The number of unbranched alkanes of at least 4 members (excludes halogenated alkanes) is 3. The van der Waals surface area contributed by atoms with Gasteiger partial charge in [-0.05, 0) is 32.1 Å². The fourth-order valence-corrected chi connectivity index (χ4v) is 2.72. The van der Waals surface area contributed by atoms with E-state index in [1.54, 1.807) is 6.42 Å². The van der Waals surface area contributed by atoms with Crippen LogP contribution in [0.4, 0.5) is 0 Å². The normalized spacial score (nSPS) is 19.2. The van der Waals surface area contributed by atoms with E-state index in [2.05, 4.69) is 13.8 Å². The minimum Gasteiger partial charge on any atom is -0.462 e. The number of hydrogen-bond donors (Lipinski definition) is 0. The van der Waals surface area contributed by atoms with Crippen molar-refractivity contribution in [3.05, 3.63) is 6.42 Å². The molecule has 1 radical (unpaired) electrons. The number of hydrogen-bond acceptors (Lipinski definition) is 2. The maximum absolute atomic E-state index is 11.7. The summed E-state index contributed by atoms with van der Waals surface area (Å²) in [5.41, 5.74) is 0. The van der Waals surface area contributed by atoms with Gasteiger partial charge >= 0.3 is 5.97 Å². The summed E-state index contributed by atoms with van der Waals surface area (Å²) in [5, 5.41) is 0. The molecule has 1 fully saturated rings. The molecule has 1 unspecified atom stereocenters. The minimum absolute atomic E-state index is 0.0954. The highest BCUT2D eigenvalue weighted by atomic mass is 16.5. The van der Waals surface area contributed by atoms with Crippen LogP contribution in [0.15, 0.2) is 0 Å². The van der Waals surface area contributed by atoms with Gasteiger partial charge in [0, 0.05) is 0 Å². The highest BCUT2D eigenvalue weighted by Crippen LogP contribution is 2.27. The third kappa shape index (κ3) is 6.42.